The van der Waals surface area contributed by atoms with E-state index in [1.54, 1.807) is 24.3 Å². The third kappa shape index (κ3) is 6.04. The summed E-state index contributed by atoms with van der Waals surface area (Å²) < 4.78 is 15.0. The molecule has 0 aliphatic heterocycles. The third-order valence-corrected chi connectivity index (χ3v) is 5.77. The van der Waals surface area contributed by atoms with Gasteiger partial charge in [0.05, 0.1) is 5.56 Å². The van der Waals surface area contributed by atoms with Gasteiger partial charge in [0.1, 0.15) is 5.82 Å². The van der Waals surface area contributed by atoms with Gasteiger partial charge in [0.2, 0.25) is 0 Å². The summed E-state index contributed by atoms with van der Waals surface area (Å²) in [5, 5.41) is 2.00. The fraction of sp³-hybridized carbons (Fsp3) is 0.161. The van der Waals surface area contributed by atoms with Gasteiger partial charge in [-0.3, -0.25) is 0 Å². The molecule has 0 aliphatic carbocycles. The lowest BCUT2D eigenvalue weighted by atomic mass is 10.0. The number of hydrogen-bond acceptors (Lipinski definition) is 0. The summed E-state index contributed by atoms with van der Waals surface area (Å²) in [4.78, 5) is 0. The maximum Gasteiger partial charge on any atom is 0.146 e. The largest absolute Gasteiger partial charge is 0.205 e. The quantitative estimate of drug-likeness (QED) is 0.217. The second kappa shape index (κ2) is 10.9. The fourth-order valence-corrected chi connectivity index (χ4v) is 3.74. The summed E-state index contributed by atoms with van der Waals surface area (Å²) in [6, 6.07) is 24.8. The molecule has 0 saturated heterocycles. The zero-order valence-corrected chi connectivity index (χ0v) is 19.3. The first-order chi connectivity index (χ1) is 16.1. The van der Waals surface area contributed by atoms with Crippen molar-refractivity contribution in [3.63, 3.8) is 0 Å². The summed E-state index contributed by atoms with van der Waals surface area (Å²) in [7, 11) is 0. The molecule has 0 bridgehead atoms. The molecule has 33 heavy (non-hydrogen) atoms. The molecule has 0 amide bonds. The molecule has 0 fully saturated rings. The second-order valence-electron chi connectivity index (χ2n) is 8.02. The van der Waals surface area contributed by atoms with Crippen LogP contribution < -0.4 is 0 Å². The molecule has 2 heteroatoms. The topological polar surface area (TPSA) is 0 Å². The summed E-state index contributed by atoms with van der Waals surface area (Å²) in [6.45, 7) is 2.22. The van der Waals surface area contributed by atoms with E-state index in [4.69, 9.17) is 11.6 Å². The molecule has 4 aromatic rings. The molecule has 0 atom stereocenters. The lowest BCUT2D eigenvalue weighted by Crippen LogP contribution is -1.88. The van der Waals surface area contributed by atoms with Crippen molar-refractivity contribution in [2.24, 2.45) is 0 Å². The van der Waals surface area contributed by atoms with Crippen LogP contribution >= 0.6 is 11.6 Å². The Hall–Kier alpha value is -3.52. The van der Waals surface area contributed by atoms with Crippen LogP contribution in [0.5, 0.6) is 0 Å². The van der Waals surface area contributed by atoms with Crippen molar-refractivity contribution in [3.05, 3.63) is 118 Å². The van der Waals surface area contributed by atoms with Crippen LogP contribution in [0.1, 0.15) is 54.0 Å². The van der Waals surface area contributed by atoms with E-state index >= 15 is 4.39 Å². The Balaban J connectivity index is 1.51. The zero-order chi connectivity index (χ0) is 23.0. The summed E-state index contributed by atoms with van der Waals surface area (Å²) >= 11 is 5.90. The molecule has 162 valence electrons. The highest BCUT2D eigenvalue weighted by atomic mass is 35.5. The summed E-state index contributed by atoms with van der Waals surface area (Å²) in [5.74, 6) is 12.0. The van der Waals surface area contributed by atoms with Gasteiger partial charge in [-0.15, -0.1) is 0 Å². The monoisotopic (exact) mass is 450 g/mol. The van der Waals surface area contributed by atoms with Gasteiger partial charge in [-0.25, -0.2) is 4.39 Å². The summed E-state index contributed by atoms with van der Waals surface area (Å²) in [5.41, 5.74) is 4.35. The molecular formula is C31H24ClF. The van der Waals surface area contributed by atoms with Crippen molar-refractivity contribution >= 4 is 22.4 Å². The Morgan fingerprint density at radius 3 is 2.06 bits per heavy atom. The Labute approximate surface area is 200 Å². The van der Waals surface area contributed by atoms with E-state index in [0.29, 0.717) is 16.0 Å². The van der Waals surface area contributed by atoms with Crippen LogP contribution in [0.2, 0.25) is 5.02 Å². The third-order valence-electron chi connectivity index (χ3n) is 5.51. The van der Waals surface area contributed by atoms with Crippen molar-refractivity contribution in [1.29, 1.82) is 0 Å². The lowest BCUT2D eigenvalue weighted by molar-refractivity contribution is 0.636. The molecule has 0 heterocycles. The smallest absolute Gasteiger partial charge is 0.146 e. The molecule has 0 aliphatic rings. The predicted molar refractivity (Wildman–Crippen MR) is 137 cm³/mol. The maximum atomic E-state index is 15.0. The number of fused-ring (bicyclic) bond motifs is 1. The number of aryl methyl sites for hydroxylation is 1. The van der Waals surface area contributed by atoms with Gasteiger partial charge in [0.15, 0.2) is 0 Å². The summed E-state index contributed by atoms with van der Waals surface area (Å²) in [6.07, 6.45) is 4.84. The first-order valence-electron chi connectivity index (χ1n) is 11.2. The standard InChI is InChI=1S/C31H24ClF/c1-2-3-4-5-23-6-8-24(9-7-23)10-11-26-15-21-30-28(22-26)18-17-27(31(30)33)16-12-25-13-19-29(32)20-14-25/h6-9,13-15,17-22H,2-5H2,1H3. The van der Waals surface area contributed by atoms with Crippen LogP contribution in [-0.4, -0.2) is 0 Å². The molecule has 0 spiro atoms. The molecule has 0 aromatic heterocycles. The maximum absolute atomic E-state index is 15.0. The molecule has 0 nitrogen and oxygen atoms in total. The number of unbranched alkanes of at least 4 members (excludes halogenated alkanes) is 2. The highest BCUT2D eigenvalue weighted by Gasteiger charge is 2.06. The number of rotatable bonds is 4. The second-order valence-corrected chi connectivity index (χ2v) is 8.46. The molecule has 0 radical (unpaired) electrons. The Kier molecular flexibility index (Phi) is 7.47. The molecule has 4 aromatic carbocycles. The molecule has 0 N–H and O–H groups in total. The van der Waals surface area contributed by atoms with Crippen molar-refractivity contribution in [3.8, 4) is 23.7 Å². The minimum absolute atomic E-state index is 0.313. The van der Waals surface area contributed by atoms with Crippen molar-refractivity contribution in [2.45, 2.75) is 32.6 Å². The van der Waals surface area contributed by atoms with Gasteiger partial charge in [0.25, 0.3) is 0 Å². The van der Waals surface area contributed by atoms with Gasteiger partial charge in [-0.2, -0.15) is 0 Å². The van der Waals surface area contributed by atoms with E-state index < -0.39 is 0 Å². The average molecular weight is 451 g/mol. The molecule has 0 saturated carbocycles. The average Bonchev–Trinajstić information content (AvgIpc) is 2.84. The van der Waals surface area contributed by atoms with E-state index in [1.807, 2.05) is 30.3 Å². The minimum atomic E-state index is -0.313. The van der Waals surface area contributed by atoms with Gasteiger partial charge in [-0.05, 0) is 78.4 Å². The first-order valence-corrected chi connectivity index (χ1v) is 11.6. The number of halogens is 2. The van der Waals surface area contributed by atoms with E-state index in [0.717, 1.165) is 28.5 Å². The molecule has 4 rings (SSSR count). The SMILES string of the molecule is CCCCCc1ccc(C#Cc2ccc3c(F)c(C#Cc4ccc(Cl)cc4)ccc3c2)cc1. The van der Waals surface area contributed by atoms with E-state index in [-0.39, 0.29) is 5.82 Å². The Bertz CT molecular complexity index is 1380. The van der Waals surface area contributed by atoms with E-state index in [2.05, 4.69) is 54.9 Å². The van der Waals surface area contributed by atoms with Crippen molar-refractivity contribution in [2.75, 3.05) is 0 Å². The Morgan fingerprint density at radius 2 is 1.33 bits per heavy atom. The minimum Gasteiger partial charge on any atom is -0.205 e. The lowest BCUT2D eigenvalue weighted by Gasteiger charge is -2.03. The van der Waals surface area contributed by atoms with Crippen LogP contribution in [0, 0.1) is 29.5 Å². The zero-order valence-electron chi connectivity index (χ0n) is 18.6. The van der Waals surface area contributed by atoms with E-state index in [1.165, 1.54) is 24.8 Å². The predicted octanol–water partition coefficient (Wildman–Crippen LogP) is 8.16. The first kappa shape index (κ1) is 22.7. The van der Waals surface area contributed by atoms with Crippen LogP contribution in [0.15, 0.2) is 78.9 Å². The van der Waals surface area contributed by atoms with Gasteiger partial charge < -0.3 is 0 Å². The molecular weight excluding hydrogens is 427 g/mol. The Morgan fingerprint density at radius 1 is 0.697 bits per heavy atom. The van der Waals surface area contributed by atoms with Crippen LogP contribution in [0.25, 0.3) is 10.8 Å². The normalized spacial score (nSPS) is 10.3. The highest BCUT2D eigenvalue weighted by molar-refractivity contribution is 6.30. The number of hydrogen-bond donors (Lipinski definition) is 0. The van der Waals surface area contributed by atoms with E-state index in [9.17, 15) is 0 Å². The van der Waals surface area contributed by atoms with Crippen molar-refractivity contribution in [1.82, 2.24) is 0 Å². The number of benzene rings is 4. The van der Waals surface area contributed by atoms with Crippen LogP contribution in [0.4, 0.5) is 4.39 Å². The van der Waals surface area contributed by atoms with Gasteiger partial charge in [0, 0.05) is 27.1 Å². The fourth-order valence-electron chi connectivity index (χ4n) is 3.62. The van der Waals surface area contributed by atoms with Crippen LogP contribution in [-0.2, 0) is 6.42 Å². The van der Waals surface area contributed by atoms with Crippen molar-refractivity contribution < 1.29 is 4.39 Å². The molecule has 0 unspecified atom stereocenters. The van der Waals surface area contributed by atoms with Gasteiger partial charge in [-0.1, -0.05) is 79.3 Å². The highest BCUT2D eigenvalue weighted by Crippen LogP contribution is 2.22. The van der Waals surface area contributed by atoms with Gasteiger partial charge >= 0.3 is 0 Å². The van der Waals surface area contributed by atoms with Crippen LogP contribution in [0.3, 0.4) is 0 Å².